The van der Waals surface area contributed by atoms with Crippen molar-refractivity contribution in [2.24, 2.45) is 5.92 Å². The molecule has 1 N–H and O–H groups in total. The Labute approximate surface area is 130 Å². The van der Waals surface area contributed by atoms with Crippen LogP contribution in [0, 0.1) is 5.92 Å². The molecule has 3 nitrogen and oxygen atoms in total. The molecule has 1 aromatic heterocycles. The van der Waals surface area contributed by atoms with Gasteiger partial charge in [-0.3, -0.25) is 9.88 Å². The Balaban J connectivity index is 1.72. The van der Waals surface area contributed by atoms with E-state index in [9.17, 15) is 0 Å². The minimum Gasteiger partial charge on any atom is -0.308 e. The van der Waals surface area contributed by atoms with Crippen molar-refractivity contribution in [2.45, 2.75) is 51.2 Å². The van der Waals surface area contributed by atoms with Crippen LogP contribution in [0.2, 0.25) is 0 Å². The zero-order valence-corrected chi connectivity index (χ0v) is 14.0. The summed E-state index contributed by atoms with van der Waals surface area (Å²) < 4.78 is 1.05. The smallest absolute Gasteiger partial charge is 0.0544 e. The van der Waals surface area contributed by atoms with Crippen LogP contribution in [-0.4, -0.2) is 34.6 Å². The number of hydrogen-bond acceptors (Lipinski definition) is 3. The van der Waals surface area contributed by atoms with E-state index in [1.54, 1.807) is 0 Å². The molecule has 4 heteroatoms. The summed E-state index contributed by atoms with van der Waals surface area (Å²) in [6, 6.07) is 4.85. The van der Waals surface area contributed by atoms with Gasteiger partial charge in [-0.05, 0) is 60.2 Å². The van der Waals surface area contributed by atoms with Crippen molar-refractivity contribution in [3.05, 3.63) is 28.5 Å². The van der Waals surface area contributed by atoms with E-state index in [0.29, 0.717) is 11.6 Å². The monoisotopic (exact) mass is 337 g/mol. The highest BCUT2D eigenvalue weighted by Crippen LogP contribution is 2.41. The number of halogens is 1. The van der Waals surface area contributed by atoms with Crippen molar-refractivity contribution < 1.29 is 0 Å². The highest BCUT2D eigenvalue weighted by Gasteiger charge is 2.45. The SMILES string of the molecule is CCC1CNC(C)(C2CC2)CN1Cc1ccc(Br)cn1. The van der Waals surface area contributed by atoms with Crippen molar-refractivity contribution in [1.82, 2.24) is 15.2 Å². The Hall–Kier alpha value is -0.450. The molecule has 2 heterocycles. The molecule has 2 fully saturated rings. The first-order chi connectivity index (χ1) is 9.60. The van der Waals surface area contributed by atoms with E-state index in [-0.39, 0.29) is 0 Å². The molecule has 110 valence electrons. The minimum atomic E-state index is 0.307. The van der Waals surface area contributed by atoms with Gasteiger partial charge in [-0.2, -0.15) is 0 Å². The molecular weight excluding hydrogens is 314 g/mol. The first-order valence-electron chi connectivity index (χ1n) is 7.70. The lowest BCUT2D eigenvalue weighted by Gasteiger charge is -2.46. The average molecular weight is 338 g/mol. The van der Waals surface area contributed by atoms with Gasteiger partial charge in [0.15, 0.2) is 0 Å². The normalized spacial score (nSPS) is 31.4. The fourth-order valence-electron chi connectivity index (χ4n) is 3.38. The van der Waals surface area contributed by atoms with Crippen molar-refractivity contribution in [1.29, 1.82) is 0 Å². The number of rotatable bonds is 4. The lowest BCUT2D eigenvalue weighted by molar-refractivity contribution is 0.0656. The topological polar surface area (TPSA) is 28.2 Å². The third-order valence-corrected chi connectivity index (χ3v) is 5.36. The molecule has 3 rings (SSSR count). The molecule has 1 saturated carbocycles. The first-order valence-corrected chi connectivity index (χ1v) is 8.49. The quantitative estimate of drug-likeness (QED) is 0.914. The Bertz CT molecular complexity index is 457. The number of hydrogen-bond donors (Lipinski definition) is 1. The fraction of sp³-hybridized carbons (Fsp3) is 0.688. The maximum atomic E-state index is 4.54. The van der Waals surface area contributed by atoms with Gasteiger partial charge in [-0.25, -0.2) is 0 Å². The minimum absolute atomic E-state index is 0.307. The molecule has 2 unspecified atom stereocenters. The maximum absolute atomic E-state index is 4.54. The third kappa shape index (κ3) is 3.07. The summed E-state index contributed by atoms with van der Waals surface area (Å²) in [5.74, 6) is 0.876. The van der Waals surface area contributed by atoms with Gasteiger partial charge in [-0.15, -0.1) is 0 Å². The molecule has 20 heavy (non-hydrogen) atoms. The van der Waals surface area contributed by atoms with Crippen LogP contribution in [0.25, 0.3) is 0 Å². The molecule has 1 aliphatic carbocycles. The lowest BCUT2D eigenvalue weighted by Crippen LogP contribution is -2.63. The summed E-state index contributed by atoms with van der Waals surface area (Å²) in [6.45, 7) is 7.91. The standard InChI is InChI=1S/C16H24BrN3/c1-3-15-9-19-16(2,12-4-5-12)11-20(15)10-14-7-6-13(17)8-18-14/h6-8,12,15,19H,3-5,9-11H2,1-2H3. The summed E-state index contributed by atoms with van der Waals surface area (Å²) in [5, 5.41) is 3.81. The zero-order chi connectivity index (χ0) is 14.2. The molecular formula is C16H24BrN3. The summed E-state index contributed by atoms with van der Waals surface area (Å²) in [5.41, 5.74) is 1.48. The molecule has 0 bridgehead atoms. The molecule has 0 amide bonds. The second kappa shape index (κ2) is 5.74. The van der Waals surface area contributed by atoms with Crippen molar-refractivity contribution >= 4 is 15.9 Å². The summed E-state index contributed by atoms with van der Waals surface area (Å²) in [4.78, 5) is 7.17. The molecule has 0 radical (unpaired) electrons. The van der Waals surface area contributed by atoms with Gasteiger partial charge in [0.2, 0.25) is 0 Å². The molecule has 2 aliphatic rings. The van der Waals surface area contributed by atoms with E-state index in [1.165, 1.54) is 25.0 Å². The van der Waals surface area contributed by atoms with Crippen LogP contribution in [0.4, 0.5) is 0 Å². The number of nitrogens with zero attached hydrogens (tertiary/aromatic N) is 2. The second-order valence-electron chi connectivity index (χ2n) is 6.51. The predicted octanol–water partition coefficient (Wildman–Crippen LogP) is 3.20. The molecule has 1 saturated heterocycles. The number of nitrogens with one attached hydrogen (secondary N) is 1. The van der Waals surface area contributed by atoms with Gasteiger partial charge < -0.3 is 5.32 Å². The fourth-order valence-corrected chi connectivity index (χ4v) is 3.61. The van der Waals surface area contributed by atoms with E-state index in [1.807, 2.05) is 6.20 Å². The Morgan fingerprint density at radius 3 is 2.85 bits per heavy atom. The van der Waals surface area contributed by atoms with Gasteiger partial charge in [0.05, 0.1) is 5.69 Å². The van der Waals surface area contributed by atoms with E-state index in [0.717, 1.165) is 30.0 Å². The van der Waals surface area contributed by atoms with Gasteiger partial charge in [0.25, 0.3) is 0 Å². The largest absolute Gasteiger partial charge is 0.308 e. The number of piperazine rings is 1. The number of aromatic nitrogens is 1. The van der Waals surface area contributed by atoms with E-state index >= 15 is 0 Å². The highest BCUT2D eigenvalue weighted by atomic mass is 79.9. The van der Waals surface area contributed by atoms with E-state index < -0.39 is 0 Å². The summed E-state index contributed by atoms with van der Waals surface area (Å²) in [7, 11) is 0. The average Bonchev–Trinajstić information content (AvgIpc) is 3.27. The van der Waals surface area contributed by atoms with Gasteiger partial charge >= 0.3 is 0 Å². The number of pyridine rings is 1. The molecule has 1 aliphatic heterocycles. The lowest BCUT2D eigenvalue weighted by atomic mass is 9.90. The van der Waals surface area contributed by atoms with Crippen molar-refractivity contribution in [3.63, 3.8) is 0 Å². The summed E-state index contributed by atoms with van der Waals surface area (Å²) >= 11 is 3.46. The second-order valence-corrected chi connectivity index (χ2v) is 7.42. The van der Waals surface area contributed by atoms with Crippen LogP contribution >= 0.6 is 15.9 Å². The van der Waals surface area contributed by atoms with Gasteiger partial charge in [0, 0.05) is 41.9 Å². The van der Waals surface area contributed by atoms with Crippen LogP contribution in [-0.2, 0) is 6.54 Å². The van der Waals surface area contributed by atoms with Crippen LogP contribution in [0.1, 0.15) is 38.8 Å². The molecule has 0 aromatic carbocycles. The van der Waals surface area contributed by atoms with Gasteiger partial charge in [-0.1, -0.05) is 6.92 Å². The predicted molar refractivity (Wildman–Crippen MR) is 85.6 cm³/mol. The zero-order valence-electron chi connectivity index (χ0n) is 12.4. The molecule has 1 aromatic rings. The summed E-state index contributed by atoms with van der Waals surface area (Å²) in [6.07, 6.45) is 5.89. The highest BCUT2D eigenvalue weighted by molar-refractivity contribution is 9.10. The van der Waals surface area contributed by atoms with E-state index in [2.05, 4.69) is 57.1 Å². The Morgan fingerprint density at radius 1 is 1.45 bits per heavy atom. The van der Waals surface area contributed by atoms with Crippen LogP contribution in [0.15, 0.2) is 22.8 Å². The van der Waals surface area contributed by atoms with Crippen LogP contribution in [0.3, 0.4) is 0 Å². The Kier molecular flexibility index (Phi) is 4.16. The first kappa shape index (κ1) is 14.5. The molecule has 2 atom stereocenters. The third-order valence-electron chi connectivity index (χ3n) is 4.89. The van der Waals surface area contributed by atoms with Gasteiger partial charge in [0.1, 0.15) is 0 Å². The van der Waals surface area contributed by atoms with Crippen LogP contribution in [0.5, 0.6) is 0 Å². The van der Waals surface area contributed by atoms with E-state index in [4.69, 9.17) is 0 Å². The van der Waals surface area contributed by atoms with Crippen molar-refractivity contribution in [3.8, 4) is 0 Å². The Morgan fingerprint density at radius 2 is 2.25 bits per heavy atom. The molecule has 0 spiro atoms. The maximum Gasteiger partial charge on any atom is 0.0544 e. The van der Waals surface area contributed by atoms with Crippen molar-refractivity contribution in [2.75, 3.05) is 13.1 Å². The van der Waals surface area contributed by atoms with Crippen LogP contribution < -0.4 is 5.32 Å².